The Hall–Kier alpha value is -2.39. The van der Waals surface area contributed by atoms with Gasteiger partial charge in [0.25, 0.3) is 0 Å². The molecule has 1 atom stereocenters. The Morgan fingerprint density at radius 1 is 1.00 bits per heavy atom. The summed E-state index contributed by atoms with van der Waals surface area (Å²) >= 11 is 3.41. The Kier molecular flexibility index (Phi) is 10.3. The van der Waals surface area contributed by atoms with Gasteiger partial charge in [-0.25, -0.2) is 8.42 Å². The van der Waals surface area contributed by atoms with Crippen LogP contribution < -0.4 is 9.62 Å². The quantitative estimate of drug-likeness (QED) is 0.433. The van der Waals surface area contributed by atoms with Crippen molar-refractivity contribution in [3.05, 3.63) is 63.6 Å². The van der Waals surface area contributed by atoms with E-state index >= 15 is 0 Å². The van der Waals surface area contributed by atoms with Gasteiger partial charge in [-0.3, -0.25) is 13.9 Å². The maximum Gasteiger partial charge on any atom is 0.242 e. The molecule has 0 saturated carbocycles. The summed E-state index contributed by atoms with van der Waals surface area (Å²) in [6.07, 6.45) is 1.62. The van der Waals surface area contributed by atoms with Gasteiger partial charge in [-0.15, -0.1) is 0 Å². The summed E-state index contributed by atoms with van der Waals surface area (Å²) in [6.45, 7) is 9.76. The number of benzene rings is 2. The fraction of sp³-hybridized carbons (Fsp3) is 0.462. The highest BCUT2D eigenvalue weighted by Crippen LogP contribution is 2.22. The Balaban J connectivity index is 2.19. The van der Waals surface area contributed by atoms with E-state index in [9.17, 15) is 18.0 Å². The van der Waals surface area contributed by atoms with Gasteiger partial charge in [0.1, 0.15) is 6.04 Å². The molecule has 0 heterocycles. The molecule has 0 bridgehead atoms. The molecule has 192 valence electrons. The Labute approximate surface area is 218 Å². The molecule has 2 amide bonds. The number of hydrogen-bond acceptors (Lipinski definition) is 4. The van der Waals surface area contributed by atoms with Crippen LogP contribution in [0.3, 0.4) is 0 Å². The normalized spacial score (nSPS) is 12.3. The molecule has 0 saturated heterocycles. The third kappa shape index (κ3) is 8.96. The van der Waals surface area contributed by atoms with E-state index in [4.69, 9.17) is 0 Å². The molecule has 0 radical (unpaired) electrons. The van der Waals surface area contributed by atoms with Gasteiger partial charge >= 0.3 is 0 Å². The van der Waals surface area contributed by atoms with Crippen LogP contribution in [0.5, 0.6) is 0 Å². The molecule has 1 N–H and O–H groups in total. The second-order valence-electron chi connectivity index (χ2n) is 9.27. The van der Waals surface area contributed by atoms with Crippen LogP contribution in [0.2, 0.25) is 0 Å². The predicted molar refractivity (Wildman–Crippen MR) is 145 cm³/mol. The van der Waals surface area contributed by atoms with E-state index in [0.717, 1.165) is 21.2 Å². The standard InChI is InChI=1S/C26H36BrN3O4S/c1-18(2)28-26(32)21(5)29(17-22-9-11-23(27)12-10-22)25(31)8-7-13-30(35(6,33)34)24-15-19(3)14-20(4)16-24/h9-12,14-16,18,21H,7-8,13,17H2,1-6H3,(H,28,32)/t21-/m0/s1. The minimum Gasteiger partial charge on any atom is -0.352 e. The number of carbonyl (C=O) groups is 2. The summed E-state index contributed by atoms with van der Waals surface area (Å²) < 4.78 is 27.3. The fourth-order valence-corrected chi connectivity index (χ4v) is 5.09. The van der Waals surface area contributed by atoms with E-state index in [2.05, 4.69) is 21.2 Å². The van der Waals surface area contributed by atoms with E-state index in [0.29, 0.717) is 12.1 Å². The highest BCUT2D eigenvalue weighted by molar-refractivity contribution is 9.10. The number of nitrogens with zero attached hydrogens (tertiary/aromatic N) is 2. The molecule has 0 unspecified atom stereocenters. The van der Waals surface area contributed by atoms with Crippen LogP contribution in [0.25, 0.3) is 0 Å². The number of anilines is 1. The van der Waals surface area contributed by atoms with Gasteiger partial charge in [-0.05, 0) is 82.0 Å². The van der Waals surface area contributed by atoms with Crippen LogP contribution in [-0.4, -0.2) is 50.0 Å². The average Bonchev–Trinajstić information content (AvgIpc) is 2.73. The lowest BCUT2D eigenvalue weighted by atomic mass is 10.1. The molecule has 2 aromatic rings. The van der Waals surface area contributed by atoms with Crippen LogP contribution in [-0.2, 0) is 26.2 Å². The van der Waals surface area contributed by atoms with Gasteiger partial charge in [-0.1, -0.05) is 34.1 Å². The molecule has 0 aliphatic carbocycles. The van der Waals surface area contributed by atoms with E-state index in [1.54, 1.807) is 11.8 Å². The lowest BCUT2D eigenvalue weighted by Gasteiger charge is -2.30. The van der Waals surface area contributed by atoms with Crippen LogP contribution in [0.4, 0.5) is 5.69 Å². The van der Waals surface area contributed by atoms with Crippen molar-refractivity contribution in [1.82, 2.24) is 10.2 Å². The number of aryl methyl sites for hydroxylation is 2. The van der Waals surface area contributed by atoms with Crippen molar-refractivity contribution in [2.45, 2.75) is 66.1 Å². The molecular weight excluding hydrogens is 530 g/mol. The number of nitrogens with one attached hydrogen (secondary N) is 1. The molecule has 2 aromatic carbocycles. The molecule has 0 fully saturated rings. The van der Waals surface area contributed by atoms with Crippen molar-refractivity contribution in [3.8, 4) is 0 Å². The van der Waals surface area contributed by atoms with Gasteiger partial charge < -0.3 is 10.2 Å². The van der Waals surface area contributed by atoms with Gasteiger partial charge in [0.15, 0.2) is 0 Å². The zero-order chi connectivity index (χ0) is 26.3. The maximum atomic E-state index is 13.3. The summed E-state index contributed by atoms with van der Waals surface area (Å²) in [5, 5.41) is 2.87. The minimum atomic E-state index is -3.53. The van der Waals surface area contributed by atoms with Crippen LogP contribution in [0.15, 0.2) is 46.9 Å². The summed E-state index contributed by atoms with van der Waals surface area (Å²) in [7, 11) is -3.53. The molecule has 0 aliphatic heterocycles. The third-order valence-electron chi connectivity index (χ3n) is 5.51. The SMILES string of the molecule is Cc1cc(C)cc(N(CCCC(=O)N(Cc2ccc(Br)cc2)[C@@H](C)C(=O)NC(C)C)S(C)(=O)=O)c1. The second kappa shape index (κ2) is 12.5. The Morgan fingerprint density at radius 3 is 2.09 bits per heavy atom. The zero-order valence-electron chi connectivity index (χ0n) is 21.3. The highest BCUT2D eigenvalue weighted by atomic mass is 79.9. The van der Waals surface area contributed by atoms with Crippen molar-refractivity contribution < 1.29 is 18.0 Å². The summed E-state index contributed by atoms with van der Waals surface area (Å²) in [4.78, 5) is 27.6. The molecule has 0 aliphatic rings. The molecule has 0 aromatic heterocycles. The first-order valence-electron chi connectivity index (χ1n) is 11.7. The molecule has 9 heteroatoms. The third-order valence-corrected chi connectivity index (χ3v) is 7.23. The topological polar surface area (TPSA) is 86.8 Å². The molecule has 2 rings (SSSR count). The number of carbonyl (C=O) groups excluding carboxylic acids is 2. The van der Waals surface area contributed by atoms with Gasteiger partial charge in [0.2, 0.25) is 21.8 Å². The lowest BCUT2D eigenvalue weighted by Crippen LogP contribution is -2.49. The fourth-order valence-electron chi connectivity index (χ4n) is 3.87. The van der Waals surface area contributed by atoms with Gasteiger partial charge in [0.05, 0.1) is 11.9 Å². The monoisotopic (exact) mass is 565 g/mol. The first kappa shape index (κ1) is 28.8. The molecule has 0 spiro atoms. The lowest BCUT2D eigenvalue weighted by molar-refractivity contribution is -0.140. The van der Waals surface area contributed by atoms with E-state index < -0.39 is 16.1 Å². The molecule has 35 heavy (non-hydrogen) atoms. The van der Waals surface area contributed by atoms with Crippen LogP contribution >= 0.6 is 15.9 Å². The average molecular weight is 567 g/mol. The second-order valence-corrected chi connectivity index (χ2v) is 12.1. The Bertz CT molecular complexity index is 1110. The van der Waals surface area contributed by atoms with Crippen molar-refractivity contribution in [3.63, 3.8) is 0 Å². The van der Waals surface area contributed by atoms with E-state index in [1.807, 2.05) is 70.2 Å². The van der Waals surface area contributed by atoms with Crippen molar-refractivity contribution in [2.24, 2.45) is 0 Å². The summed E-state index contributed by atoms with van der Waals surface area (Å²) in [5.41, 5.74) is 3.43. The Morgan fingerprint density at radius 2 is 1.57 bits per heavy atom. The van der Waals surface area contributed by atoms with Crippen LogP contribution in [0.1, 0.15) is 50.3 Å². The van der Waals surface area contributed by atoms with Gasteiger partial charge in [-0.2, -0.15) is 0 Å². The highest BCUT2D eigenvalue weighted by Gasteiger charge is 2.27. The largest absolute Gasteiger partial charge is 0.352 e. The zero-order valence-corrected chi connectivity index (χ0v) is 23.7. The van der Waals surface area contributed by atoms with Crippen molar-refractivity contribution in [1.29, 1.82) is 0 Å². The number of amides is 2. The summed E-state index contributed by atoms with van der Waals surface area (Å²) in [5.74, 6) is -0.424. The minimum absolute atomic E-state index is 0.0457. The summed E-state index contributed by atoms with van der Waals surface area (Å²) in [6, 6.07) is 12.5. The van der Waals surface area contributed by atoms with E-state index in [1.165, 1.54) is 10.6 Å². The number of rotatable bonds is 11. The first-order chi connectivity index (χ1) is 16.3. The van der Waals surface area contributed by atoms with Crippen molar-refractivity contribution >= 4 is 43.5 Å². The first-order valence-corrected chi connectivity index (χ1v) is 14.3. The molecular formula is C26H36BrN3O4S. The smallest absolute Gasteiger partial charge is 0.242 e. The number of halogens is 1. The van der Waals surface area contributed by atoms with Gasteiger partial charge in [0, 0.05) is 30.0 Å². The van der Waals surface area contributed by atoms with E-state index in [-0.39, 0.29) is 37.4 Å². The number of sulfonamides is 1. The maximum absolute atomic E-state index is 13.3. The van der Waals surface area contributed by atoms with Crippen molar-refractivity contribution in [2.75, 3.05) is 17.1 Å². The number of hydrogen-bond donors (Lipinski definition) is 1. The van der Waals surface area contributed by atoms with Crippen LogP contribution in [0, 0.1) is 13.8 Å². The molecule has 7 nitrogen and oxygen atoms in total. The predicted octanol–water partition coefficient (Wildman–Crippen LogP) is 4.55.